The average molecular weight is 212 g/mol. The van der Waals surface area contributed by atoms with Gasteiger partial charge in [-0.05, 0) is 13.0 Å². The van der Waals surface area contributed by atoms with Gasteiger partial charge in [0.25, 0.3) is 0 Å². The van der Waals surface area contributed by atoms with Gasteiger partial charge in [0.15, 0.2) is 0 Å². The first-order chi connectivity index (χ1) is 7.07. The number of nitrogens with zero attached hydrogens (tertiary/aromatic N) is 2. The van der Waals surface area contributed by atoms with Gasteiger partial charge in [-0.25, -0.2) is 0 Å². The third kappa shape index (κ3) is 2.41. The smallest absolute Gasteiger partial charge is 0.334 e. The highest BCUT2D eigenvalue weighted by atomic mass is 16.6. The first-order valence-electron chi connectivity index (χ1n) is 4.41. The quantitative estimate of drug-likeness (QED) is 0.544. The number of aromatic nitrogens is 1. The van der Waals surface area contributed by atoms with Crippen LogP contribution in [-0.2, 0) is 11.3 Å². The fourth-order valence-corrected chi connectivity index (χ4v) is 1.26. The molecule has 1 rings (SSSR count). The van der Waals surface area contributed by atoms with Crippen molar-refractivity contribution in [2.24, 2.45) is 0 Å². The van der Waals surface area contributed by atoms with Crippen molar-refractivity contribution in [2.45, 2.75) is 13.5 Å². The van der Waals surface area contributed by atoms with E-state index >= 15 is 0 Å². The van der Waals surface area contributed by atoms with Crippen molar-refractivity contribution in [1.29, 1.82) is 0 Å². The maximum Gasteiger partial charge on any atom is 0.334 e. The molecule has 6 nitrogen and oxygen atoms in total. The van der Waals surface area contributed by atoms with Crippen LogP contribution in [0.3, 0.4) is 0 Å². The van der Waals surface area contributed by atoms with Gasteiger partial charge in [0.1, 0.15) is 0 Å². The molecule has 0 unspecified atom stereocenters. The molecule has 0 saturated heterocycles. The summed E-state index contributed by atoms with van der Waals surface area (Å²) in [6.45, 7) is 2.39. The molecule has 0 bridgehead atoms. The number of nitro groups is 1. The van der Waals surface area contributed by atoms with Gasteiger partial charge in [-0.15, -0.1) is 0 Å². The number of rotatable bonds is 4. The van der Waals surface area contributed by atoms with Crippen molar-refractivity contribution in [1.82, 2.24) is 4.57 Å². The van der Waals surface area contributed by atoms with Crippen LogP contribution in [0.2, 0.25) is 0 Å². The molecule has 0 N–H and O–H groups in total. The lowest BCUT2D eigenvalue weighted by Crippen LogP contribution is -2.25. The average Bonchev–Trinajstić information content (AvgIpc) is 2.17. The molecular formula is C9H12N2O4. The summed E-state index contributed by atoms with van der Waals surface area (Å²) < 4.78 is 6.16. The van der Waals surface area contributed by atoms with E-state index in [1.807, 2.05) is 0 Å². The second-order valence-electron chi connectivity index (χ2n) is 3.07. The van der Waals surface area contributed by atoms with Crippen LogP contribution in [0.4, 0.5) is 5.69 Å². The SMILES string of the molecule is COCCn1c(C)ccc([N+](=O)[O-])c1=O. The summed E-state index contributed by atoms with van der Waals surface area (Å²) in [6.07, 6.45) is 0. The molecule has 0 radical (unpaired) electrons. The number of pyridine rings is 1. The molecular weight excluding hydrogens is 200 g/mol. The lowest BCUT2D eigenvalue weighted by molar-refractivity contribution is -0.386. The van der Waals surface area contributed by atoms with E-state index in [0.29, 0.717) is 18.8 Å². The van der Waals surface area contributed by atoms with Crippen molar-refractivity contribution in [2.75, 3.05) is 13.7 Å². The van der Waals surface area contributed by atoms with Gasteiger partial charge in [0, 0.05) is 25.4 Å². The van der Waals surface area contributed by atoms with Crippen molar-refractivity contribution < 1.29 is 9.66 Å². The van der Waals surface area contributed by atoms with Gasteiger partial charge < -0.3 is 9.30 Å². The molecule has 0 aliphatic rings. The number of hydrogen-bond acceptors (Lipinski definition) is 4. The van der Waals surface area contributed by atoms with Gasteiger partial charge in [-0.3, -0.25) is 14.9 Å². The first kappa shape index (κ1) is 11.4. The zero-order valence-corrected chi connectivity index (χ0v) is 8.60. The molecule has 0 atom stereocenters. The Balaban J connectivity index is 3.18. The highest BCUT2D eigenvalue weighted by Gasteiger charge is 2.14. The van der Waals surface area contributed by atoms with Gasteiger partial charge in [0.2, 0.25) is 0 Å². The molecule has 6 heteroatoms. The molecule has 15 heavy (non-hydrogen) atoms. The zero-order valence-electron chi connectivity index (χ0n) is 8.60. The summed E-state index contributed by atoms with van der Waals surface area (Å²) >= 11 is 0. The predicted octanol–water partition coefficient (Wildman–Crippen LogP) is 0.711. The largest absolute Gasteiger partial charge is 0.383 e. The Kier molecular flexibility index (Phi) is 3.56. The summed E-state index contributed by atoms with van der Waals surface area (Å²) in [5.74, 6) is 0. The standard InChI is InChI=1S/C9H12N2O4/c1-7-3-4-8(11(13)14)9(12)10(7)5-6-15-2/h3-4H,5-6H2,1-2H3. The minimum absolute atomic E-state index is 0.322. The number of hydrogen-bond donors (Lipinski definition) is 0. The van der Waals surface area contributed by atoms with Gasteiger partial charge in [-0.1, -0.05) is 0 Å². The normalized spacial score (nSPS) is 10.3. The summed E-state index contributed by atoms with van der Waals surface area (Å²) in [5, 5.41) is 10.5. The fourth-order valence-electron chi connectivity index (χ4n) is 1.26. The Labute approximate surface area is 86.2 Å². The summed E-state index contributed by atoms with van der Waals surface area (Å²) in [7, 11) is 1.51. The Bertz CT molecular complexity index is 425. The second kappa shape index (κ2) is 4.70. The van der Waals surface area contributed by atoms with Crippen molar-refractivity contribution in [3.05, 3.63) is 38.3 Å². The third-order valence-electron chi connectivity index (χ3n) is 2.09. The van der Waals surface area contributed by atoms with E-state index < -0.39 is 16.2 Å². The van der Waals surface area contributed by atoms with E-state index in [1.54, 1.807) is 13.0 Å². The molecule has 0 fully saturated rings. The molecule has 0 spiro atoms. The van der Waals surface area contributed by atoms with Crippen LogP contribution in [0.5, 0.6) is 0 Å². The topological polar surface area (TPSA) is 74.4 Å². The monoisotopic (exact) mass is 212 g/mol. The third-order valence-corrected chi connectivity index (χ3v) is 2.09. The molecule has 0 aliphatic carbocycles. The summed E-state index contributed by atoms with van der Waals surface area (Å²) in [4.78, 5) is 21.4. The van der Waals surface area contributed by atoms with Gasteiger partial charge in [0.05, 0.1) is 11.5 Å². The van der Waals surface area contributed by atoms with E-state index in [-0.39, 0.29) is 0 Å². The lowest BCUT2D eigenvalue weighted by Gasteiger charge is -2.07. The summed E-state index contributed by atoms with van der Waals surface area (Å²) in [6, 6.07) is 2.77. The minimum Gasteiger partial charge on any atom is -0.383 e. The van der Waals surface area contributed by atoms with Crippen LogP contribution in [-0.4, -0.2) is 23.2 Å². The number of ether oxygens (including phenoxy) is 1. The van der Waals surface area contributed by atoms with Crippen LogP contribution in [0, 0.1) is 17.0 Å². The van der Waals surface area contributed by atoms with E-state index in [0.717, 1.165) is 0 Å². The fraction of sp³-hybridized carbons (Fsp3) is 0.444. The maximum absolute atomic E-state index is 11.6. The highest BCUT2D eigenvalue weighted by molar-refractivity contribution is 5.27. The molecule has 82 valence electrons. The van der Waals surface area contributed by atoms with Crippen LogP contribution in [0.15, 0.2) is 16.9 Å². The van der Waals surface area contributed by atoms with E-state index in [4.69, 9.17) is 4.74 Å². The second-order valence-corrected chi connectivity index (χ2v) is 3.07. The minimum atomic E-state index is -0.676. The Morgan fingerprint density at radius 3 is 2.73 bits per heavy atom. The molecule has 1 aromatic rings. The molecule has 0 saturated carbocycles. The Morgan fingerprint density at radius 1 is 1.53 bits per heavy atom. The van der Waals surface area contributed by atoms with Crippen molar-refractivity contribution in [3.8, 4) is 0 Å². The van der Waals surface area contributed by atoms with E-state index in [1.165, 1.54) is 17.7 Å². The predicted molar refractivity (Wildman–Crippen MR) is 54.0 cm³/mol. The Hall–Kier alpha value is -1.69. The van der Waals surface area contributed by atoms with E-state index in [9.17, 15) is 14.9 Å². The van der Waals surface area contributed by atoms with Crippen LogP contribution < -0.4 is 5.56 Å². The number of methoxy groups -OCH3 is 1. The molecule has 1 aromatic heterocycles. The lowest BCUT2D eigenvalue weighted by atomic mass is 10.3. The van der Waals surface area contributed by atoms with Gasteiger partial charge in [-0.2, -0.15) is 0 Å². The van der Waals surface area contributed by atoms with Crippen molar-refractivity contribution in [3.63, 3.8) is 0 Å². The van der Waals surface area contributed by atoms with Crippen molar-refractivity contribution >= 4 is 5.69 Å². The Morgan fingerprint density at radius 2 is 2.20 bits per heavy atom. The molecule has 0 aliphatic heterocycles. The zero-order chi connectivity index (χ0) is 11.4. The van der Waals surface area contributed by atoms with Gasteiger partial charge >= 0.3 is 11.2 Å². The van der Waals surface area contributed by atoms with Crippen LogP contribution >= 0.6 is 0 Å². The van der Waals surface area contributed by atoms with Crippen LogP contribution in [0.25, 0.3) is 0 Å². The summed E-state index contributed by atoms with van der Waals surface area (Å²) in [5.41, 5.74) is -0.309. The maximum atomic E-state index is 11.6. The molecule has 0 aromatic carbocycles. The number of aryl methyl sites for hydroxylation is 1. The van der Waals surface area contributed by atoms with E-state index in [2.05, 4.69) is 0 Å². The molecule has 1 heterocycles. The van der Waals surface area contributed by atoms with Crippen LogP contribution in [0.1, 0.15) is 5.69 Å². The highest BCUT2D eigenvalue weighted by Crippen LogP contribution is 2.05. The molecule has 0 amide bonds. The first-order valence-corrected chi connectivity index (χ1v) is 4.41.